The minimum atomic E-state index is -1.02. The molecule has 1 N–H and O–H groups in total. The van der Waals surface area contributed by atoms with Crippen LogP contribution in [-0.4, -0.2) is 35.0 Å². The number of likely N-dealkylation sites (tertiary alicyclic amines) is 1. The minimum absolute atomic E-state index is 0.138. The molecule has 0 aromatic rings. The van der Waals surface area contributed by atoms with Crippen molar-refractivity contribution in [1.29, 1.82) is 0 Å². The fourth-order valence-electron chi connectivity index (χ4n) is 1.68. The lowest BCUT2D eigenvalue weighted by Gasteiger charge is -2.16. The van der Waals surface area contributed by atoms with Gasteiger partial charge in [-0.1, -0.05) is 6.92 Å². The summed E-state index contributed by atoms with van der Waals surface area (Å²) in [6.45, 7) is 6.62. The molecular formula is C11H17NO3. The van der Waals surface area contributed by atoms with Crippen molar-refractivity contribution in [3.8, 4) is 0 Å². The van der Waals surface area contributed by atoms with Gasteiger partial charge >= 0.3 is 5.97 Å². The lowest BCUT2D eigenvalue weighted by Crippen LogP contribution is -2.30. The summed E-state index contributed by atoms with van der Waals surface area (Å²) in [4.78, 5) is 24.3. The molecule has 1 heterocycles. The molecule has 1 atom stereocenters. The van der Waals surface area contributed by atoms with Gasteiger partial charge in [-0.2, -0.15) is 0 Å². The van der Waals surface area contributed by atoms with E-state index in [-0.39, 0.29) is 11.5 Å². The molecule has 0 bridgehead atoms. The third-order valence-electron chi connectivity index (χ3n) is 2.92. The first kappa shape index (κ1) is 11.8. The van der Waals surface area contributed by atoms with E-state index in [9.17, 15) is 9.59 Å². The van der Waals surface area contributed by atoms with Crippen molar-refractivity contribution in [2.45, 2.75) is 27.2 Å². The number of rotatable bonds is 2. The molecule has 0 aromatic heterocycles. The van der Waals surface area contributed by atoms with E-state index < -0.39 is 5.97 Å². The first-order valence-corrected chi connectivity index (χ1v) is 5.13. The van der Waals surface area contributed by atoms with E-state index in [1.807, 2.05) is 0 Å². The Hall–Kier alpha value is -1.32. The highest BCUT2D eigenvalue weighted by Crippen LogP contribution is 2.18. The summed E-state index contributed by atoms with van der Waals surface area (Å²) in [7, 11) is 0. The summed E-state index contributed by atoms with van der Waals surface area (Å²) in [6.07, 6.45) is 1.01. The van der Waals surface area contributed by atoms with Gasteiger partial charge in [-0.25, -0.2) is 4.79 Å². The van der Waals surface area contributed by atoms with Crippen LogP contribution in [0.5, 0.6) is 0 Å². The number of aliphatic carboxylic acids is 1. The molecule has 4 heteroatoms. The Kier molecular flexibility index (Phi) is 3.50. The molecule has 1 aliphatic rings. The zero-order valence-corrected chi connectivity index (χ0v) is 9.41. The van der Waals surface area contributed by atoms with Crippen molar-refractivity contribution < 1.29 is 14.7 Å². The Labute approximate surface area is 89.6 Å². The fraction of sp³-hybridized carbons (Fsp3) is 0.636. The Balaban J connectivity index is 2.77. The number of carbonyl (C=O) groups is 2. The third-order valence-corrected chi connectivity index (χ3v) is 2.92. The monoisotopic (exact) mass is 211 g/mol. The number of hydrogen-bond acceptors (Lipinski definition) is 2. The van der Waals surface area contributed by atoms with E-state index >= 15 is 0 Å². The van der Waals surface area contributed by atoms with Gasteiger partial charge in [-0.15, -0.1) is 0 Å². The van der Waals surface area contributed by atoms with E-state index in [0.29, 0.717) is 11.5 Å². The molecule has 84 valence electrons. The molecule has 0 spiro atoms. The minimum Gasteiger partial charge on any atom is -0.478 e. The van der Waals surface area contributed by atoms with Gasteiger partial charge in [0.05, 0.1) is 0 Å². The van der Waals surface area contributed by atoms with Crippen molar-refractivity contribution in [3.05, 3.63) is 11.1 Å². The van der Waals surface area contributed by atoms with Crippen molar-refractivity contribution in [1.82, 2.24) is 4.90 Å². The number of amides is 1. The molecule has 1 saturated heterocycles. The van der Waals surface area contributed by atoms with E-state index in [4.69, 9.17) is 5.11 Å². The average molecular weight is 211 g/mol. The van der Waals surface area contributed by atoms with Crippen LogP contribution in [0.15, 0.2) is 11.1 Å². The normalized spacial score (nSPS) is 22.6. The number of nitrogens with zero attached hydrogens (tertiary/aromatic N) is 1. The van der Waals surface area contributed by atoms with Crippen molar-refractivity contribution in [2.24, 2.45) is 5.92 Å². The Morgan fingerprint density at radius 2 is 1.87 bits per heavy atom. The largest absolute Gasteiger partial charge is 0.478 e. The quantitative estimate of drug-likeness (QED) is 0.700. The summed E-state index contributed by atoms with van der Waals surface area (Å²) in [5, 5.41) is 8.77. The SMILES string of the molecule is C/C(C(=O)O)=C(/C)C(=O)N1CCC(C)C1. The number of carboxylic acid groups (broad SMARTS) is 1. The third kappa shape index (κ3) is 2.58. The van der Waals surface area contributed by atoms with Gasteiger partial charge in [0.25, 0.3) is 0 Å². The van der Waals surface area contributed by atoms with Crippen LogP contribution in [0, 0.1) is 5.92 Å². The van der Waals surface area contributed by atoms with Crippen LogP contribution >= 0.6 is 0 Å². The molecule has 0 radical (unpaired) electrons. The highest BCUT2D eigenvalue weighted by atomic mass is 16.4. The highest BCUT2D eigenvalue weighted by Gasteiger charge is 2.25. The lowest BCUT2D eigenvalue weighted by molar-refractivity contribution is -0.133. The van der Waals surface area contributed by atoms with Gasteiger partial charge in [-0.3, -0.25) is 4.79 Å². The molecule has 0 aromatic carbocycles. The van der Waals surface area contributed by atoms with Crippen LogP contribution in [0.3, 0.4) is 0 Å². The molecule has 1 unspecified atom stereocenters. The maximum Gasteiger partial charge on any atom is 0.331 e. The van der Waals surface area contributed by atoms with Gasteiger partial charge in [0.1, 0.15) is 0 Å². The van der Waals surface area contributed by atoms with Crippen LogP contribution in [0.25, 0.3) is 0 Å². The van der Waals surface area contributed by atoms with Crippen molar-refractivity contribution >= 4 is 11.9 Å². The molecule has 1 fully saturated rings. The van der Waals surface area contributed by atoms with E-state index in [0.717, 1.165) is 19.5 Å². The first-order chi connectivity index (χ1) is 6.93. The standard InChI is InChI=1S/C11H17NO3/c1-7-4-5-12(6-7)10(13)8(2)9(3)11(14)15/h7H,4-6H2,1-3H3,(H,14,15)/b9-8+. The first-order valence-electron chi connectivity index (χ1n) is 5.13. The van der Waals surface area contributed by atoms with Gasteiger partial charge in [0.15, 0.2) is 0 Å². The van der Waals surface area contributed by atoms with Crippen molar-refractivity contribution in [3.63, 3.8) is 0 Å². The van der Waals surface area contributed by atoms with Gasteiger partial charge < -0.3 is 10.0 Å². The molecule has 1 rings (SSSR count). The average Bonchev–Trinajstić information content (AvgIpc) is 2.61. The summed E-state index contributed by atoms with van der Waals surface area (Å²) < 4.78 is 0. The van der Waals surface area contributed by atoms with E-state index in [2.05, 4.69) is 6.92 Å². The lowest BCUT2D eigenvalue weighted by atomic mass is 10.1. The molecule has 4 nitrogen and oxygen atoms in total. The Morgan fingerprint density at radius 1 is 1.27 bits per heavy atom. The fourth-order valence-corrected chi connectivity index (χ4v) is 1.68. The summed E-state index contributed by atoms with van der Waals surface area (Å²) in [5.41, 5.74) is 0.483. The predicted molar refractivity (Wildman–Crippen MR) is 56.4 cm³/mol. The van der Waals surface area contributed by atoms with Crippen molar-refractivity contribution in [2.75, 3.05) is 13.1 Å². The van der Waals surface area contributed by atoms with E-state index in [1.54, 1.807) is 11.8 Å². The number of carboxylic acids is 1. The molecule has 0 aliphatic carbocycles. The second kappa shape index (κ2) is 4.47. The summed E-state index contributed by atoms with van der Waals surface area (Å²) >= 11 is 0. The highest BCUT2D eigenvalue weighted by molar-refractivity contribution is 6.01. The summed E-state index contributed by atoms with van der Waals surface area (Å²) in [5.74, 6) is -0.640. The zero-order chi connectivity index (χ0) is 11.6. The smallest absolute Gasteiger partial charge is 0.331 e. The number of hydrogen-bond donors (Lipinski definition) is 1. The second-order valence-electron chi connectivity index (χ2n) is 4.20. The van der Waals surface area contributed by atoms with E-state index in [1.165, 1.54) is 6.92 Å². The zero-order valence-electron chi connectivity index (χ0n) is 9.41. The predicted octanol–water partition coefficient (Wildman–Crippen LogP) is 1.28. The summed E-state index contributed by atoms with van der Waals surface area (Å²) in [6, 6.07) is 0. The second-order valence-corrected chi connectivity index (χ2v) is 4.20. The van der Waals surface area contributed by atoms with Gasteiger partial charge in [-0.05, 0) is 26.2 Å². The molecular weight excluding hydrogens is 194 g/mol. The molecule has 1 amide bonds. The Morgan fingerprint density at radius 3 is 2.27 bits per heavy atom. The molecule has 0 saturated carbocycles. The molecule has 15 heavy (non-hydrogen) atoms. The number of carbonyl (C=O) groups excluding carboxylic acids is 1. The van der Waals surface area contributed by atoms with Crippen LogP contribution < -0.4 is 0 Å². The Bertz CT molecular complexity index is 320. The van der Waals surface area contributed by atoms with Crippen LogP contribution in [-0.2, 0) is 9.59 Å². The van der Waals surface area contributed by atoms with Crippen LogP contribution in [0.1, 0.15) is 27.2 Å². The van der Waals surface area contributed by atoms with Gasteiger partial charge in [0, 0.05) is 24.2 Å². The maximum atomic E-state index is 11.8. The van der Waals surface area contributed by atoms with Crippen LogP contribution in [0.4, 0.5) is 0 Å². The topological polar surface area (TPSA) is 57.6 Å². The maximum absolute atomic E-state index is 11.8. The van der Waals surface area contributed by atoms with Gasteiger partial charge in [0.2, 0.25) is 5.91 Å². The van der Waals surface area contributed by atoms with Crippen LogP contribution in [0.2, 0.25) is 0 Å². The molecule has 1 aliphatic heterocycles.